The van der Waals surface area contributed by atoms with Crippen molar-refractivity contribution in [1.29, 1.82) is 0 Å². The second-order valence-electron chi connectivity index (χ2n) is 4.74. The van der Waals surface area contributed by atoms with Crippen molar-refractivity contribution in [2.45, 2.75) is 19.9 Å². The molecule has 0 fully saturated rings. The number of hydrogen-bond donors (Lipinski definition) is 3. The molecule has 0 saturated heterocycles. The van der Waals surface area contributed by atoms with Crippen molar-refractivity contribution in [3.8, 4) is 5.75 Å². The van der Waals surface area contributed by atoms with Crippen LogP contribution in [0.4, 0.5) is 4.39 Å². The Morgan fingerprint density at radius 1 is 1.30 bits per heavy atom. The Kier molecular flexibility index (Phi) is 8.46. The van der Waals surface area contributed by atoms with Crippen molar-refractivity contribution >= 4 is 29.9 Å². The average Bonchev–Trinajstić information content (AvgIpc) is 3.01. The SMILES string of the molecule is CCNC(=NCc1ccc(O)c(F)c1)NCCc1ccco1.I. The van der Waals surface area contributed by atoms with E-state index in [-0.39, 0.29) is 29.7 Å². The first-order valence-electron chi connectivity index (χ1n) is 7.21. The molecule has 2 rings (SSSR count). The Bertz CT molecular complexity index is 618. The van der Waals surface area contributed by atoms with Crippen molar-refractivity contribution in [2.24, 2.45) is 4.99 Å². The summed E-state index contributed by atoms with van der Waals surface area (Å²) in [6.45, 7) is 3.72. The molecule has 1 aromatic heterocycles. The standard InChI is InChI=1S/C16H20FN3O2.HI/c1-2-18-16(19-8-7-13-4-3-9-22-13)20-11-12-5-6-15(21)14(17)10-12;/h3-6,9-10,21H,2,7-8,11H2,1H3,(H2,18,19,20);1H. The molecule has 0 atom stereocenters. The van der Waals surface area contributed by atoms with Gasteiger partial charge in [-0.25, -0.2) is 9.38 Å². The highest BCUT2D eigenvalue weighted by atomic mass is 127. The molecule has 3 N–H and O–H groups in total. The van der Waals surface area contributed by atoms with Crippen LogP contribution in [0, 0.1) is 5.82 Å². The van der Waals surface area contributed by atoms with Crippen LogP contribution in [0.15, 0.2) is 46.0 Å². The van der Waals surface area contributed by atoms with Crippen LogP contribution in [-0.4, -0.2) is 24.2 Å². The van der Waals surface area contributed by atoms with E-state index in [1.165, 1.54) is 12.1 Å². The number of guanidine groups is 1. The molecular formula is C16H21FIN3O2. The van der Waals surface area contributed by atoms with Crippen LogP contribution in [-0.2, 0) is 13.0 Å². The monoisotopic (exact) mass is 433 g/mol. The number of nitrogens with one attached hydrogen (secondary N) is 2. The number of rotatable bonds is 6. The molecule has 1 heterocycles. The number of aromatic hydroxyl groups is 1. The molecular weight excluding hydrogens is 412 g/mol. The van der Waals surface area contributed by atoms with E-state index >= 15 is 0 Å². The smallest absolute Gasteiger partial charge is 0.191 e. The fraction of sp³-hybridized carbons (Fsp3) is 0.312. The van der Waals surface area contributed by atoms with E-state index in [2.05, 4.69) is 15.6 Å². The van der Waals surface area contributed by atoms with E-state index in [1.54, 1.807) is 12.3 Å². The van der Waals surface area contributed by atoms with Gasteiger partial charge in [0.2, 0.25) is 0 Å². The number of phenols is 1. The van der Waals surface area contributed by atoms with Crippen LogP contribution in [0.3, 0.4) is 0 Å². The average molecular weight is 433 g/mol. The largest absolute Gasteiger partial charge is 0.505 e. The Morgan fingerprint density at radius 2 is 2.13 bits per heavy atom. The van der Waals surface area contributed by atoms with Gasteiger partial charge in [0.25, 0.3) is 0 Å². The summed E-state index contributed by atoms with van der Waals surface area (Å²) in [6, 6.07) is 8.04. The number of furan rings is 1. The molecule has 0 spiro atoms. The lowest BCUT2D eigenvalue weighted by atomic mass is 10.2. The molecule has 1 aromatic carbocycles. The molecule has 0 unspecified atom stereocenters. The summed E-state index contributed by atoms with van der Waals surface area (Å²) >= 11 is 0. The summed E-state index contributed by atoms with van der Waals surface area (Å²) in [5, 5.41) is 15.5. The summed E-state index contributed by atoms with van der Waals surface area (Å²) < 4.78 is 18.5. The van der Waals surface area contributed by atoms with Crippen molar-refractivity contribution < 1.29 is 13.9 Å². The van der Waals surface area contributed by atoms with Gasteiger partial charge in [0.05, 0.1) is 12.8 Å². The van der Waals surface area contributed by atoms with Crippen molar-refractivity contribution in [2.75, 3.05) is 13.1 Å². The summed E-state index contributed by atoms with van der Waals surface area (Å²) in [5.74, 6) is 0.575. The summed E-state index contributed by atoms with van der Waals surface area (Å²) in [5.41, 5.74) is 0.693. The predicted molar refractivity (Wildman–Crippen MR) is 98.7 cm³/mol. The fourth-order valence-corrected chi connectivity index (χ4v) is 1.92. The molecule has 2 aromatic rings. The Balaban J connectivity index is 0.00000264. The van der Waals surface area contributed by atoms with Crippen molar-refractivity contribution in [3.05, 3.63) is 53.7 Å². The fourth-order valence-electron chi connectivity index (χ4n) is 1.92. The number of halogens is 2. The number of benzene rings is 1. The lowest BCUT2D eigenvalue weighted by Crippen LogP contribution is -2.38. The van der Waals surface area contributed by atoms with Gasteiger partial charge in [-0.15, -0.1) is 24.0 Å². The minimum atomic E-state index is -0.636. The lowest BCUT2D eigenvalue weighted by molar-refractivity contribution is 0.432. The summed E-state index contributed by atoms with van der Waals surface area (Å²) in [6.07, 6.45) is 2.40. The Hall–Kier alpha value is -1.77. The van der Waals surface area contributed by atoms with Gasteiger partial charge in [0.1, 0.15) is 5.76 Å². The second-order valence-corrected chi connectivity index (χ2v) is 4.74. The maximum atomic E-state index is 13.3. The maximum absolute atomic E-state index is 13.3. The van der Waals surface area contributed by atoms with E-state index in [9.17, 15) is 4.39 Å². The Morgan fingerprint density at radius 3 is 2.78 bits per heavy atom. The minimum absolute atomic E-state index is 0. The number of aliphatic imine (C=N–C) groups is 1. The first kappa shape index (κ1) is 19.3. The highest BCUT2D eigenvalue weighted by Gasteiger charge is 2.03. The van der Waals surface area contributed by atoms with Gasteiger partial charge in [-0.05, 0) is 36.8 Å². The molecule has 0 radical (unpaired) electrons. The summed E-state index contributed by atoms with van der Waals surface area (Å²) in [7, 11) is 0. The highest BCUT2D eigenvalue weighted by molar-refractivity contribution is 14.0. The zero-order valence-corrected chi connectivity index (χ0v) is 15.2. The lowest BCUT2D eigenvalue weighted by Gasteiger charge is -2.10. The third-order valence-corrected chi connectivity index (χ3v) is 3.02. The zero-order valence-electron chi connectivity index (χ0n) is 12.9. The quantitative estimate of drug-likeness (QED) is 0.372. The molecule has 7 heteroatoms. The molecule has 0 aliphatic heterocycles. The van der Waals surface area contributed by atoms with Gasteiger partial charge in [0, 0.05) is 19.5 Å². The first-order chi connectivity index (χ1) is 10.7. The predicted octanol–water partition coefficient (Wildman–Crippen LogP) is 3.04. The van der Waals surface area contributed by atoms with Gasteiger partial charge in [0.15, 0.2) is 17.5 Å². The number of nitrogens with zero attached hydrogens (tertiary/aromatic N) is 1. The van der Waals surface area contributed by atoms with Crippen LogP contribution in [0.25, 0.3) is 0 Å². The normalized spacial score (nSPS) is 11.0. The van der Waals surface area contributed by atoms with Crippen molar-refractivity contribution in [3.63, 3.8) is 0 Å². The van der Waals surface area contributed by atoms with Gasteiger partial charge >= 0.3 is 0 Å². The number of hydrogen-bond acceptors (Lipinski definition) is 3. The third-order valence-electron chi connectivity index (χ3n) is 3.02. The highest BCUT2D eigenvalue weighted by Crippen LogP contribution is 2.16. The van der Waals surface area contributed by atoms with E-state index in [1.807, 2.05) is 19.1 Å². The molecule has 5 nitrogen and oxygen atoms in total. The molecule has 0 aliphatic rings. The molecule has 0 amide bonds. The topological polar surface area (TPSA) is 69.8 Å². The Labute approximate surface area is 152 Å². The van der Waals surface area contributed by atoms with Gasteiger partial charge < -0.3 is 20.2 Å². The van der Waals surface area contributed by atoms with Gasteiger partial charge in [-0.1, -0.05) is 6.07 Å². The molecule has 0 bridgehead atoms. The van der Waals surface area contributed by atoms with E-state index in [0.717, 1.165) is 18.7 Å². The molecule has 0 saturated carbocycles. The van der Waals surface area contributed by atoms with E-state index < -0.39 is 5.82 Å². The first-order valence-corrected chi connectivity index (χ1v) is 7.21. The second kappa shape index (κ2) is 10.1. The molecule has 126 valence electrons. The third kappa shape index (κ3) is 6.47. The van der Waals surface area contributed by atoms with Gasteiger partial charge in [-0.2, -0.15) is 0 Å². The molecule has 23 heavy (non-hydrogen) atoms. The zero-order chi connectivity index (χ0) is 15.8. The van der Waals surface area contributed by atoms with Gasteiger partial charge in [-0.3, -0.25) is 0 Å². The summed E-state index contributed by atoms with van der Waals surface area (Å²) in [4.78, 5) is 4.39. The van der Waals surface area contributed by atoms with Crippen molar-refractivity contribution in [1.82, 2.24) is 10.6 Å². The van der Waals surface area contributed by atoms with E-state index in [4.69, 9.17) is 9.52 Å². The van der Waals surface area contributed by atoms with Crippen LogP contribution >= 0.6 is 24.0 Å². The van der Waals surface area contributed by atoms with Crippen LogP contribution in [0.1, 0.15) is 18.2 Å². The van der Waals surface area contributed by atoms with Crippen LogP contribution in [0.2, 0.25) is 0 Å². The van der Waals surface area contributed by atoms with E-state index in [0.29, 0.717) is 24.6 Å². The van der Waals surface area contributed by atoms with Crippen LogP contribution < -0.4 is 10.6 Å². The van der Waals surface area contributed by atoms with Crippen LogP contribution in [0.5, 0.6) is 5.75 Å². The number of phenolic OH excluding ortho intramolecular Hbond substituents is 1. The maximum Gasteiger partial charge on any atom is 0.191 e. The molecule has 0 aliphatic carbocycles. The minimum Gasteiger partial charge on any atom is -0.505 e.